The molecule has 7 heteroatoms. The van der Waals surface area contributed by atoms with E-state index in [2.05, 4.69) is 14.5 Å². The van der Waals surface area contributed by atoms with Gasteiger partial charge in [-0.15, -0.1) is 0 Å². The van der Waals surface area contributed by atoms with Gasteiger partial charge in [0.1, 0.15) is 12.4 Å². The topological polar surface area (TPSA) is 84.8 Å². The highest BCUT2D eigenvalue weighted by Gasteiger charge is 2.17. The zero-order chi connectivity index (χ0) is 18.3. The number of carbonyl (C=O) groups is 1. The lowest BCUT2D eigenvalue weighted by Crippen LogP contribution is -2.33. The molecular formula is C18H20N2O4S. The Bertz CT molecular complexity index is 844. The standard InChI is InChI=1S/C18H20N2O4S/c1-14-8-10-16(11-9-14)25(22,23)20-17(19-13-18(21)24-2)12-15-6-4-3-5-7-15/h3-11H,12-13H2,1-2H3,(H,19,20). The highest BCUT2D eigenvalue weighted by molar-refractivity contribution is 7.90. The van der Waals surface area contributed by atoms with E-state index in [0.29, 0.717) is 0 Å². The molecule has 0 saturated heterocycles. The Morgan fingerprint density at radius 2 is 1.72 bits per heavy atom. The second-order valence-electron chi connectivity index (χ2n) is 5.42. The maximum atomic E-state index is 12.6. The minimum Gasteiger partial charge on any atom is -0.468 e. The Kier molecular flexibility index (Phi) is 6.30. The van der Waals surface area contributed by atoms with Crippen LogP contribution >= 0.6 is 0 Å². The molecule has 6 nitrogen and oxygen atoms in total. The summed E-state index contributed by atoms with van der Waals surface area (Å²) in [5.41, 5.74) is 1.83. The largest absolute Gasteiger partial charge is 0.468 e. The van der Waals surface area contributed by atoms with Crippen molar-refractivity contribution in [2.24, 2.45) is 4.99 Å². The van der Waals surface area contributed by atoms with E-state index in [4.69, 9.17) is 0 Å². The fourth-order valence-electron chi connectivity index (χ4n) is 2.07. The molecule has 0 aliphatic rings. The number of sulfonamides is 1. The summed E-state index contributed by atoms with van der Waals surface area (Å²) in [7, 11) is -2.53. The minimum atomic E-state index is -3.78. The zero-order valence-corrected chi connectivity index (χ0v) is 14.9. The lowest BCUT2D eigenvalue weighted by molar-refractivity contribution is -0.138. The van der Waals surface area contributed by atoms with Gasteiger partial charge in [-0.1, -0.05) is 48.0 Å². The second kappa shape index (κ2) is 8.43. The highest BCUT2D eigenvalue weighted by Crippen LogP contribution is 2.11. The second-order valence-corrected chi connectivity index (χ2v) is 7.10. The molecule has 0 aliphatic heterocycles. The molecule has 0 fully saturated rings. The number of ether oxygens (including phenoxy) is 1. The summed E-state index contributed by atoms with van der Waals surface area (Å²) in [6.07, 6.45) is 0.253. The molecule has 0 unspecified atom stereocenters. The van der Waals surface area contributed by atoms with Gasteiger partial charge in [0.2, 0.25) is 0 Å². The van der Waals surface area contributed by atoms with Crippen molar-refractivity contribution in [2.75, 3.05) is 13.7 Å². The van der Waals surface area contributed by atoms with Crippen LogP contribution in [0.1, 0.15) is 11.1 Å². The lowest BCUT2D eigenvalue weighted by atomic mass is 10.1. The van der Waals surface area contributed by atoms with E-state index in [1.165, 1.54) is 19.2 Å². The predicted octanol–water partition coefficient (Wildman–Crippen LogP) is 2.09. The van der Waals surface area contributed by atoms with Gasteiger partial charge < -0.3 is 4.74 Å². The van der Waals surface area contributed by atoms with E-state index in [1.54, 1.807) is 12.1 Å². The van der Waals surface area contributed by atoms with Gasteiger partial charge in [0.25, 0.3) is 10.0 Å². The van der Waals surface area contributed by atoms with E-state index < -0.39 is 16.0 Å². The summed E-state index contributed by atoms with van der Waals surface area (Å²) in [6.45, 7) is 1.62. The van der Waals surface area contributed by atoms with Gasteiger partial charge in [0.15, 0.2) is 0 Å². The fourth-order valence-corrected chi connectivity index (χ4v) is 3.13. The monoisotopic (exact) mass is 360 g/mol. The van der Waals surface area contributed by atoms with Crippen molar-refractivity contribution >= 4 is 21.8 Å². The number of esters is 1. The Morgan fingerprint density at radius 1 is 1.08 bits per heavy atom. The molecule has 0 spiro atoms. The number of nitrogens with zero attached hydrogens (tertiary/aromatic N) is 1. The summed E-state index contributed by atoms with van der Waals surface area (Å²) in [4.78, 5) is 15.5. The van der Waals surface area contributed by atoms with Crippen LogP contribution in [0.4, 0.5) is 0 Å². The summed E-state index contributed by atoms with van der Waals surface area (Å²) in [5, 5.41) is 0. The molecule has 2 aromatic carbocycles. The summed E-state index contributed by atoms with van der Waals surface area (Å²) >= 11 is 0. The van der Waals surface area contributed by atoms with E-state index in [0.717, 1.165) is 11.1 Å². The van der Waals surface area contributed by atoms with Crippen LogP contribution in [0.2, 0.25) is 0 Å². The predicted molar refractivity (Wildman–Crippen MR) is 96.0 cm³/mol. The molecule has 0 atom stereocenters. The van der Waals surface area contributed by atoms with Gasteiger partial charge >= 0.3 is 5.97 Å². The Balaban J connectivity index is 2.25. The molecule has 132 valence electrons. The average molecular weight is 360 g/mol. The third-order valence-corrected chi connectivity index (χ3v) is 4.82. The first-order valence-corrected chi connectivity index (χ1v) is 9.12. The number of aryl methyl sites for hydroxylation is 1. The van der Waals surface area contributed by atoms with Crippen LogP contribution in [0, 0.1) is 6.92 Å². The van der Waals surface area contributed by atoms with Crippen LogP contribution in [0.5, 0.6) is 0 Å². The van der Waals surface area contributed by atoms with Crippen molar-refractivity contribution in [3.63, 3.8) is 0 Å². The molecule has 0 amide bonds. The van der Waals surface area contributed by atoms with Crippen LogP contribution in [0.3, 0.4) is 0 Å². The van der Waals surface area contributed by atoms with Gasteiger partial charge in [-0.25, -0.2) is 8.42 Å². The summed E-state index contributed by atoms with van der Waals surface area (Å²) in [5.74, 6) is -0.364. The number of hydrogen-bond donors (Lipinski definition) is 1. The number of aliphatic imine (C=N–C) groups is 1. The number of hydrogen-bond acceptors (Lipinski definition) is 5. The van der Waals surface area contributed by atoms with Gasteiger partial charge in [-0.3, -0.25) is 14.5 Å². The molecule has 0 aromatic heterocycles. The average Bonchev–Trinajstić information content (AvgIpc) is 2.60. The van der Waals surface area contributed by atoms with E-state index in [1.807, 2.05) is 37.3 Å². The maximum absolute atomic E-state index is 12.6. The Hall–Kier alpha value is -2.67. The summed E-state index contributed by atoms with van der Waals surface area (Å²) in [6, 6.07) is 15.8. The number of carbonyl (C=O) groups excluding carboxylic acids is 1. The molecule has 1 N–H and O–H groups in total. The molecule has 2 aromatic rings. The third-order valence-electron chi connectivity index (χ3n) is 3.42. The van der Waals surface area contributed by atoms with Crippen molar-refractivity contribution in [3.8, 4) is 0 Å². The van der Waals surface area contributed by atoms with Crippen LogP contribution in [0.25, 0.3) is 0 Å². The SMILES string of the molecule is COC(=O)CN=C(Cc1ccccc1)NS(=O)(=O)c1ccc(C)cc1. The molecule has 0 radical (unpaired) electrons. The first-order chi connectivity index (χ1) is 11.9. The van der Waals surface area contributed by atoms with Crippen molar-refractivity contribution in [1.29, 1.82) is 0 Å². The van der Waals surface area contributed by atoms with E-state index in [9.17, 15) is 13.2 Å². The number of amidine groups is 1. The van der Waals surface area contributed by atoms with Crippen molar-refractivity contribution in [1.82, 2.24) is 4.72 Å². The fraction of sp³-hybridized carbons (Fsp3) is 0.222. The Labute approximate surface area is 147 Å². The van der Waals surface area contributed by atoms with Gasteiger partial charge in [0, 0.05) is 6.42 Å². The highest BCUT2D eigenvalue weighted by atomic mass is 32.2. The maximum Gasteiger partial charge on any atom is 0.327 e. The molecule has 0 aliphatic carbocycles. The van der Waals surface area contributed by atoms with Crippen molar-refractivity contribution in [2.45, 2.75) is 18.2 Å². The molecule has 2 rings (SSSR count). The van der Waals surface area contributed by atoms with Gasteiger partial charge in [-0.2, -0.15) is 0 Å². The van der Waals surface area contributed by atoms with Crippen molar-refractivity contribution in [3.05, 3.63) is 65.7 Å². The smallest absolute Gasteiger partial charge is 0.327 e. The Morgan fingerprint density at radius 3 is 2.32 bits per heavy atom. The molecule has 0 saturated carbocycles. The van der Waals surface area contributed by atoms with E-state index in [-0.39, 0.29) is 23.7 Å². The lowest BCUT2D eigenvalue weighted by Gasteiger charge is -2.11. The molecular weight excluding hydrogens is 340 g/mol. The van der Waals surface area contributed by atoms with E-state index >= 15 is 0 Å². The van der Waals surface area contributed by atoms with Crippen LogP contribution < -0.4 is 4.72 Å². The quantitative estimate of drug-likeness (QED) is 0.486. The third kappa shape index (κ3) is 5.72. The molecule has 0 heterocycles. The first-order valence-electron chi connectivity index (χ1n) is 7.64. The first kappa shape index (κ1) is 18.7. The zero-order valence-electron chi connectivity index (χ0n) is 14.1. The normalized spacial score (nSPS) is 11.8. The number of benzene rings is 2. The van der Waals surface area contributed by atoms with Crippen LogP contribution in [0.15, 0.2) is 64.5 Å². The number of methoxy groups -OCH3 is 1. The molecule has 25 heavy (non-hydrogen) atoms. The van der Waals surface area contributed by atoms with Gasteiger partial charge in [0.05, 0.1) is 12.0 Å². The summed E-state index contributed by atoms with van der Waals surface area (Å²) < 4.78 is 32.1. The number of rotatable bonds is 6. The minimum absolute atomic E-state index is 0.136. The number of nitrogens with one attached hydrogen (secondary N) is 1. The van der Waals surface area contributed by atoms with Crippen LogP contribution in [-0.4, -0.2) is 33.9 Å². The molecule has 0 bridgehead atoms. The van der Waals surface area contributed by atoms with Crippen molar-refractivity contribution < 1.29 is 17.9 Å². The van der Waals surface area contributed by atoms with Crippen LogP contribution in [-0.2, 0) is 26.0 Å². The van der Waals surface area contributed by atoms with Gasteiger partial charge in [-0.05, 0) is 24.6 Å².